The molecule has 0 radical (unpaired) electrons. The molecule has 0 aromatic carbocycles. The minimum atomic E-state index is 0.480. The van der Waals surface area contributed by atoms with E-state index in [-0.39, 0.29) is 0 Å². The maximum atomic E-state index is 4.46. The van der Waals surface area contributed by atoms with Gasteiger partial charge in [0.2, 0.25) is 0 Å². The number of nitrogens with zero attached hydrogens (tertiary/aromatic N) is 2. The molecule has 0 N–H and O–H groups in total. The molecule has 2 rings (SSSR count). The molecule has 0 bridgehead atoms. The van der Waals surface area contributed by atoms with Gasteiger partial charge in [-0.1, -0.05) is 22.6 Å². The van der Waals surface area contributed by atoms with Crippen molar-refractivity contribution in [3.63, 3.8) is 0 Å². The van der Waals surface area contributed by atoms with Crippen molar-refractivity contribution in [3.8, 4) is 0 Å². The van der Waals surface area contributed by atoms with Crippen LogP contribution in [0, 0.1) is 0 Å². The highest BCUT2D eigenvalue weighted by atomic mass is 127. The fourth-order valence-electron chi connectivity index (χ4n) is 1.38. The van der Waals surface area contributed by atoms with E-state index in [4.69, 9.17) is 0 Å². The lowest BCUT2D eigenvalue weighted by atomic mass is 10.2. The molecule has 0 aliphatic carbocycles. The first-order valence-corrected chi connectivity index (χ1v) is 5.75. The summed E-state index contributed by atoms with van der Waals surface area (Å²) in [4.78, 5) is 6.66. The average Bonchev–Trinajstić information content (AvgIpc) is 2.33. The first-order chi connectivity index (χ1) is 5.68. The summed E-state index contributed by atoms with van der Waals surface area (Å²) >= 11 is 5.88. The molecule has 0 saturated heterocycles. The predicted octanol–water partition coefficient (Wildman–Crippen LogP) is 2.66. The number of halogens is 2. The maximum absolute atomic E-state index is 4.46. The van der Waals surface area contributed by atoms with Gasteiger partial charge < -0.3 is 4.90 Å². The minimum Gasteiger partial charge on any atom is -0.318 e. The summed E-state index contributed by atoms with van der Waals surface area (Å²) in [6.45, 7) is 2.99. The van der Waals surface area contributed by atoms with Crippen LogP contribution in [-0.2, 0) is 0 Å². The highest BCUT2D eigenvalue weighted by Crippen LogP contribution is 2.28. The van der Waals surface area contributed by atoms with Crippen LogP contribution in [0.2, 0.25) is 0 Å². The van der Waals surface area contributed by atoms with Crippen LogP contribution < -0.4 is 0 Å². The van der Waals surface area contributed by atoms with Gasteiger partial charge in [0.1, 0.15) is 9.88 Å². The molecule has 1 unspecified atom stereocenters. The van der Waals surface area contributed by atoms with Crippen LogP contribution in [0.25, 0.3) is 0 Å². The van der Waals surface area contributed by atoms with Crippen LogP contribution in [0.1, 0.15) is 6.92 Å². The number of allylic oxidation sites excluding steroid dienone is 2. The van der Waals surface area contributed by atoms with E-state index in [9.17, 15) is 0 Å². The molecule has 2 aliphatic heterocycles. The Morgan fingerprint density at radius 2 is 2.50 bits per heavy atom. The van der Waals surface area contributed by atoms with Gasteiger partial charge in [0.05, 0.1) is 6.54 Å². The van der Waals surface area contributed by atoms with E-state index in [1.165, 1.54) is 5.57 Å². The van der Waals surface area contributed by atoms with Gasteiger partial charge in [0.25, 0.3) is 0 Å². The zero-order chi connectivity index (χ0) is 8.72. The lowest BCUT2D eigenvalue weighted by Gasteiger charge is -2.23. The van der Waals surface area contributed by atoms with Crippen LogP contribution in [-0.4, -0.2) is 21.3 Å². The van der Waals surface area contributed by atoms with Crippen LogP contribution in [0.4, 0.5) is 0 Å². The van der Waals surface area contributed by atoms with Crippen molar-refractivity contribution < 1.29 is 0 Å². The van der Waals surface area contributed by atoms with Gasteiger partial charge in [-0.05, 0) is 34.5 Å². The smallest absolute Gasteiger partial charge is 0.131 e. The first kappa shape index (κ1) is 8.74. The molecule has 12 heavy (non-hydrogen) atoms. The first-order valence-electron chi connectivity index (χ1n) is 3.71. The number of amidine groups is 1. The average molecular weight is 339 g/mol. The van der Waals surface area contributed by atoms with E-state index in [1.807, 2.05) is 0 Å². The molecular weight excluding hydrogens is 331 g/mol. The molecule has 0 fully saturated rings. The fourth-order valence-corrected chi connectivity index (χ4v) is 2.56. The normalized spacial score (nSPS) is 27.8. The zero-order valence-electron chi connectivity index (χ0n) is 6.59. The summed E-state index contributed by atoms with van der Waals surface area (Å²) in [7, 11) is 0. The Balaban J connectivity index is 2.39. The van der Waals surface area contributed by atoms with E-state index in [2.05, 4.69) is 67.6 Å². The predicted molar refractivity (Wildman–Crippen MR) is 62.7 cm³/mol. The summed E-state index contributed by atoms with van der Waals surface area (Å²) in [5.74, 6) is 1.12. The van der Waals surface area contributed by atoms with Gasteiger partial charge in [-0.2, -0.15) is 0 Å². The van der Waals surface area contributed by atoms with Gasteiger partial charge in [0, 0.05) is 10.7 Å². The number of aliphatic imine (C=N–C) groups is 1. The molecular formula is C8H8BrIN2. The molecule has 2 nitrogen and oxygen atoms in total. The van der Waals surface area contributed by atoms with E-state index >= 15 is 0 Å². The zero-order valence-corrected chi connectivity index (χ0v) is 10.3. The summed E-state index contributed by atoms with van der Waals surface area (Å²) in [5, 5.41) is 0. The molecule has 2 heterocycles. The van der Waals surface area contributed by atoms with Crippen LogP contribution in [0.3, 0.4) is 0 Å². The van der Waals surface area contributed by atoms with Crippen molar-refractivity contribution in [3.05, 3.63) is 22.3 Å². The van der Waals surface area contributed by atoms with Crippen molar-refractivity contribution in [2.45, 2.75) is 11.0 Å². The molecule has 0 aromatic heterocycles. The van der Waals surface area contributed by atoms with E-state index in [0.717, 1.165) is 16.9 Å². The molecule has 4 heteroatoms. The largest absolute Gasteiger partial charge is 0.318 e. The SMILES string of the molecule is CC1=CC(Br)=CN2C1=NCC2I. The highest BCUT2D eigenvalue weighted by molar-refractivity contribution is 14.1. The Hall–Kier alpha value is 0.160. The van der Waals surface area contributed by atoms with Crippen molar-refractivity contribution in [2.24, 2.45) is 4.99 Å². The Morgan fingerprint density at radius 1 is 1.75 bits per heavy atom. The monoisotopic (exact) mass is 338 g/mol. The number of hydrogen-bond donors (Lipinski definition) is 0. The Morgan fingerprint density at radius 3 is 3.25 bits per heavy atom. The van der Waals surface area contributed by atoms with Crippen LogP contribution in [0.5, 0.6) is 0 Å². The highest BCUT2D eigenvalue weighted by Gasteiger charge is 2.26. The van der Waals surface area contributed by atoms with Crippen LogP contribution >= 0.6 is 38.5 Å². The molecule has 2 aliphatic rings. The third-order valence-electron chi connectivity index (χ3n) is 1.91. The molecule has 0 saturated carbocycles. The number of rotatable bonds is 0. The van der Waals surface area contributed by atoms with E-state index in [0.29, 0.717) is 4.05 Å². The quantitative estimate of drug-likeness (QED) is 0.376. The van der Waals surface area contributed by atoms with Crippen molar-refractivity contribution in [1.82, 2.24) is 4.90 Å². The molecule has 1 atom stereocenters. The topological polar surface area (TPSA) is 15.6 Å². The van der Waals surface area contributed by atoms with Crippen molar-refractivity contribution >= 4 is 44.4 Å². The van der Waals surface area contributed by atoms with Gasteiger partial charge in [-0.3, -0.25) is 4.99 Å². The third-order valence-corrected chi connectivity index (χ3v) is 3.34. The van der Waals surface area contributed by atoms with Crippen LogP contribution in [0.15, 0.2) is 27.3 Å². The standard InChI is InChI=1S/C8H8BrIN2/c1-5-2-6(9)4-12-7(10)3-11-8(5)12/h2,4,7H,3H2,1H3. The minimum absolute atomic E-state index is 0.480. The van der Waals surface area contributed by atoms with Gasteiger partial charge in [0.15, 0.2) is 0 Å². The Labute approximate surface area is 93.7 Å². The summed E-state index contributed by atoms with van der Waals surface area (Å²) in [5.41, 5.74) is 1.24. The van der Waals surface area contributed by atoms with Crippen molar-refractivity contribution in [1.29, 1.82) is 0 Å². The number of fused-ring (bicyclic) bond motifs is 1. The Kier molecular flexibility index (Phi) is 2.29. The molecule has 0 aromatic rings. The molecule has 64 valence electrons. The molecule has 0 amide bonds. The lowest BCUT2D eigenvalue weighted by Crippen LogP contribution is -2.29. The van der Waals surface area contributed by atoms with E-state index < -0.39 is 0 Å². The number of hydrogen-bond acceptors (Lipinski definition) is 2. The summed E-state index contributed by atoms with van der Waals surface area (Å²) in [6, 6.07) is 0. The maximum Gasteiger partial charge on any atom is 0.131 e. The second-order valence-electron chi connectivity index (χ2n) is 2.85. The summed E-state index contributed by atoms with van der Waals surface area (Å²) < 4.78 is 1.61. The molecule has 0 spiro atoms. The van der Waals surface area contributed by atoms with Crippen molar-refractivity contribution in [2.75, 3.05) is 6.54 Å². The second-order valence-corrected chi connectivity index (χ2v) is 5.20. The number of alkyl halides is 1. The summed E-state index contributed by atoms with van der Waals surface area (Å²) in [6.07, 6.45) is 4.19. The van der Waals surface area contributed by atoms with Gasteiger partial charge in [-0.15, -0.1) is 0 Å². The lowest BCUT2D eigenvalue weighted by molar-refractivity contribution is 0.585. The van der Waals surface area contributed by atoms with E-state index in [1.54, 1.807) is 0 Å². The fraction of sp³-hybridized carbons (Fsp3) is 0.375. The third kappa shape index (κ3) is 1.35. The van der Waals surface area contributed by atoms with Gasteiger partial charge >= 0.3 is 0 Å². The van der Waals surface area contributed by atoms with Gasteiger partial charge in [-0.25, -0.2) is 0 Å². The Bertz CT molecular complexity index is 306. The second kappa shape index (κ2) is 3.14.